The number of rotatable bonds is 18. The number of unbranched alkanes of at least 4 members (excludes halogenated alkanes) is 3. The summed E-state index contributed by atoms with van der Waals surface area (Å²) in [5.41, 5.74) is 5.53. The molecule has 0 aliphatic heterocycles. The fourth-order valence-electron chi connectivity index (χ4n) is 3.73. The van der Waals surface area contributed by atoms with Gasteiger partial charge in [0.05, 0.1) is 31.7 Å². The highest BCUT2D eigenvalue weighted by molar-refractivity contribution is 7.56. The van der Waals surface area contributed by atoms with Crippen molar-refractivity contribution in [2.75, 3.05) is 18.7 Å². The highest BCUT2D eigenvalue weighted by atomic mass is 31.2. The number of carbonyl (C=O) groups is 1. The van der Waals surface area contributed by atoms with E-state index in [-0.39, 0.29) is 24.9 Å². The lowest BCUT2D eigenvalue weighted by Crippen LogP contribution is -2.47. The number of fused-ring (bicyclic) bond motifs is 1. The van der Waals surface area contributed by atoms with Crippen LogP contribution >= 0.6 is 7.52 Å². The maximum Gasteiger partial charge on any atom is 0.326 e. The Kier molecular flexibility index (Phi) is 12.7. The van der Waals surface area contributed by atoms with Crippen LogP contribution in [0.2, 0.25) is 0 Å². The van der Waals surface area contributed by atoms with Crippen LogP contribution in [0.25, 0.3) is 11.2 Å². The standard InChI is InChI=1S/C25H45N6O7P/c1-8-9-10-11-12-35-24(33)25(6,7)30-39(34,38-19(5)23(32)37-17(2)3)16-36-18(4)13-31-15-29-20-21(26)27-14-28-22(20)31/h14-15,17-19,23,32H,8-13,16H2,1-7H3,(H,30,34)(H2,26,27,28)/t18-,19+,23?,39?/m1/s1. The average molecular weight is 573 g/mol. The molecule has 222 valence electrons. The zero-order valence-corrected chi connectivity index (χ0v) is 25.0. The monoisotopic (exact) mass is 572 g/mol. The fourth-order valence-corrected chi connectivity index (χ4v) is 5.95. The third-order valence-corrected chi connectivity index (χ3v) is 7.82. The highest BCUT2D eigenvalue weighted by Crippen LogP contribution is 2.47. The number of hydrogen-bond donors (Lipinski definition) is 3. The predicted octanol–water partition coefficient (Wildman–Crippen LogP) is 3.60. The molecule has 13 nitrogen and oxygen atoms in total. The Morgan fingerprint density at radius 3 is 2.56 bits per heavy atom. The van der Waals surface area contributed by atoms with Gasteiger partial charge in [0.1, 0.15) is 29.8 Å². The summed E-state index contributed by atoms with van der Waals surface area (Å²) in [7, 11) is -3.88. The first kappa shape index (κ1) is 33.1. The van der Waals surface area contributed by atoms with Crippen molar-refractivity contribution in [1.82, 2.24) is 24.6 Å². The molecule has 0 aliphatic carbocycles. The van der Waals surface area contributed by atoms with Gasteiger partial charge in [-0.3, -0.25) is 9.36 Å². The summed E-state index contributed by atoms with van der Waals surface area (Å²) < 4.78 is 38.3. The Bertz CT molecular complexity index is 1100. The molecular weight excluding hydrogens is 527 g/mol. The highest BCUT2D eigenvalue weighted by Gasteiger charge is 2.40. The Balaban J connectivity index is 2.11. The van der Waals surface area contributed by atoms with Crippen LogP contribution < -0.4 is 10.8 Å². The Hall–Kier alpha value is -2.15. The molecule has 0 spiro atoms. The van der Waals surface area contributed by atoms with Crippen molar-refractivity contribution in [1.29, 1.82) is 0 Å². The van der Waals surface area contributed by atoms with E-state index in [1.54, 1.807) is 45.5 Å². The topological polar surface area (TPSA) is 173 Å². The maximum atomic E-state index is 14.0. The summed E-state index contributed by atoms with van der Waals surface area (Å²) in [5, 5.41) is 13.2. The first-order chi connectivity index (χ1) is 18.3. The zero-order valence-electron chi connectivity index (χ0n) is 24.1. The summed E-state index contributed by atoms with van der Waals surface area (Å²) in [4.78, 5) is 25.2. The minimum Gasteiger partial charge on any atom is -0.464 e. The fraction of sp³-hybridized carbons (Fsp3) is 0.760. The number of nitrogens with zero attached hydrogens (tertiary/aromatic N) is 4. The molecule has 0 aliphatic rings. The van der Waals surface area contributed by atoms with Gasteiger partial charge >= 0.3 is 5.97 Å². The average Bonchev–Trinajstić information content (AvgIpc) is 3.25. The van der Waals surface area contributed by atoms with Gasteiger partial charge in [-0.05, 0) is 48.0 Å². The second kappa shape index (κ2) is 15.0. The Morgan fingerprint density at radius 1 is 1.18 bits per heavy atom. The number of hydrogen-bond acceptors (Lipinski definition) is 11. The van der Waals surface area contributed by atoms with Crippen molar-refractivity contribution < 1.29 is 33.2 Å². The molecule has 39 heavy (non-hydrogen) atoms. The molecule has 4 atom stereocenters. The Labute approximate surface area is 230 Å². The lowest BCUT2D eigenvalue weighted by molar-refractivity contribution is -0.169. The SMILES string of the molecule is CCCCCCOC(=O)C(C)(C)NP(=O)(CO[C@H](C)Cn1cnc2c(N)ncnc21)O[C@@H](C)C(O)OC(C)C. The molecular formula is C25H45N6O7P. The van der Waals surface area contributed by atoms with Crippen LogP contribution in [0.3, 0.4) is 0 Å². The number of aromatic nitrogens is 4. The largest absolute Gasteiger partial charge is 0.464 e. The van der Waals surface area contributed by atoms with Crippen LogP contribution in [0.4, 0.5) is 5.82 Å². The first-order valence-electron chi connectivity index (χ1n) is 13.4. The van der Waals surface area contributed by atoms with Crippen molar-refractivity contribution in [3.05, 3.63) is 12.7 Å². The van der Waals surface area contributed by atoms with E-state index in [2.05, 4.69) is 27.0 Å². The quantitative estimate of drug-likeness (QED) is 0.103. The van der Waals surface area contributed by atoms with E-state index in [0.29, 0.717) is 17.7 Å². The van der Waals surface area contributed by atoms with Gasteiger partial charge in [-0.1, -0.05) is 26.2 Å². The number of ether oxygens (including phenoxy) is 3. The van der Waals surface area contributed by atoms with Gasteiger partial charge in [-0.25, -0.2) is 20.0 Å². The molecule has 2 heterocycles. The van der Waals surface area contributed by atoms with Gasteiger partial charge in [0, 0.05) is 0 Å². The molecule has 0 saturated heterocycles. The summed E-state index contributed by atoms with van der Waals surface area (Å²) in [5.74, 6) is -0.297. The number of imidazole rings is 1. The number of nitrogen functional groups attached to an aromatic ring is 1. The number of carbonyl (C=O) groups excluding carboxylic acids is 1. The molecule has 0 fully saturated rings. The molecule has 0 bridgehead atoms. The summed E-state index contributed by atoms with van der Waals surface area (Å²) in [6.45, 7) is 12.7. The van der Waals surface area contributed by atoms with Crippen molar-refractivity contribution in [3.63, 3.8) is 0 Å². The van der Waals surface area contributed by atoms with Crippen LogP contribution in [0, 0.1) is 0 Å². The first-order valence-corrected chi connectivity index (χ1v) is 15.2. The lowest BCUT2D eigenvalue weighted by atomic mass is 10.1. The number of aliphatic hydroxyl groups excluding tert-OH is 1. The van der Waals surface area contributed by atoms with Crippen LogP contribution in [0.15, 0.2) is 12.7 Å². The van der Waals surface area contributed by atoms with Crippen LogP contribution in [0.5, 0.6) is 0 Å². The molecule has 2 aromatic rings. The normalized spacial score (nSPS) is 16.2. The molecule has 0 radical (unpaired) electrons. The van der Waals surface area contributed by atoms with Crippen molar-refractivity contribution in [3.8, 4) is 0 Å². The van der Waals surface area contributed by atoms with E-state index in [9.17, 15) is 14.5 Å². The van der Waals surface area contributed by atoms with E-state index in [4.69, 9.17) is 24.5 Å². The summed E-state index contributed by atoms with van der Waals surface area (Å²) in [6.07, 6.45) is 3.32. The van der Waals surface area contributed by atoms with Crippen molar-refractivity contribution in [2.24, 2.45) is 0 Å². The van der Waals surface area contributed by atoms with Gasteiger partial charge in [-0.15, -0.1) is 0 Å². The molecule has 2 aromatic heterocycles. The second-order valence-corrected chi connectivity index (χ2v) is 12.5. The third-order valence-electron chi connectivity index (χ3n) is 5.75. The number of nitrogens with two attached hydrogens (primary N) is 1. The van der Waals surface area contributed by atoms with Crippen LogP contribution in [0.1, 0.15) is 74.1 Å². The minimum absolute atomic E-state index is 0.269. The molecule has 0 amide bonds. The molecule has 2 rings (SSSR count). The number of aliphatic hydroxyl groups is 1. The number of nitrogens with one attached hydrogen (secondary N) is 1. The van der Waals surface area contributed by atoms with E-state index >= 15 is 0 Å². The molecule has 0 aromatic carbocycles. The molecule has 0 saturated carbocycles. The minimum atomic E-state index is -3.88. The van der Waals surface area contributed by atoms with E-state index in [1.807, 2.05) is 0 Å². The van der Waals surface area contributed by atoms with Crippen molar-refractivity contribution in [2.45, 2.75) is 111 Å². The van der Waals surface area contributed by atoms with Crippen LogP contribution in [-0.4, -0.2) is 73.7 Å². The Morgan fingerprint density at radius 2 is 1.90 bits per heavy atom. The number of esters is 1. The summed E-state index contributed by atoms with van der Waals surface area (Å²) in [6, 6.07) is 0. The van der Waals surface area contributed by atoms with E-state index < -0.39 is 37.5 Å². The molecule has 14 heteroatoms. The predicted molar refractivity (Wildman–Crippen MR) is 148 cm³/mol. The number of anilines is 1. The van der Waals surface area contributed by atoms with Gasteiger partial charge in [0.15, 0.2) is 17.8 Å². The van der Waals surface area contributed by atoms with Gasteiger partial charge in [0.25, 0.3) is 7.52 Å². The zero-order chi connectivity index (χ0) is 29.2. The van der Waals surface area contributed by atoms with E-state index in [1.165, 1.54) is 13.3 Å². The maximum absolute atomic E-state index is 14.0. The molecule has 4 N–H and O–H groups in total. The van der Waals surface area contributed by atoms with Crippen LogP contribution in [-0.2, 0) is 34.6 Å². The van der Waals surface area contributed by atoms with Gasteiger partial charge in [0.2, 0.25) is 0 Å². The molecule has 2 unspecified atom stereocenters. The lowest BCUT2D eigenvalue weighted by Gasteiger charge is -2.33. The summed E-state index contributed by atoms with van der Waals surface area (Å²) >= 11 is 0. The second-order valence-electron chi connectivity index (χ2n) is 10.4. The smallest absolute Gasteiger partial charge is 0.326 e. The van der Waals surface area contributed by atoms with Gasteiger partial charge in [-0.2, -0.15) is 0 Å². The van der Waals surface area contributed by atoms with Gasteiger partial charge < -0.3 is 34.1 Å². The third kappa shape index (κ3) is 10.4. The van der Waals surface area contributed by atoms with E-state index in [0.717, 1.165) is 25.7 Å². The van der Waals surface area contributed by atoms with Crippen molar-refractivity contribution >= 4 is 30.5 Å².